The zero-order valence-corrected chi connectivity index (χ0v) is 23.8. The number of anilines is 1. The van der Waals surface area contributed by atoms with E-state index in [0.717, 1.165) is 51.8 Å². The van der Waals surface area contributed by atoms with Crippen molar-refractivity contribution in [2.75, 3.05) is 37.9 Å². The van der Waals surface area contributed by atoms with Crippen molar-refractivity contribution < 1.29 is 13.8 Å². The predicted molar refractivity (Wildman–Crippen MR) is 164 cm³/mol. The zero-order valence-electron chi connectivity index (χ0n) is 22.9. The van der Waals surface area contributed by atoms with Crippen molar-refractivity contribution in [3.8, 4) is 11.1 Å². The quantitative estimate of drug-likeness (QED) is 0.271. The monoisotopic (exact) mass is 565 g/mol. The summed E-state index contributed by atoms with van der Waals surface area (Å²) in [5.41, 5.74) is 11.6. The van der Waals surface area contributed by atoms with Gasteiger partial charge in [0.2, 0.25) is 0 Å². The highest BCUT2D eigenvalue weighted by atomic mass is 32.2. The summed E-state index contributed by atoms with van der Waals surface area (Å²) in [6.07, 6.45) is 0. The Morgan fingerprint density at radius 1 is 0.902 bits per heavy atom. The van der Waals surface area contributed by atoms with Gasteiger partial charge in [0, 0.05) is 48.0 Å². The number of aromatic amines is 1. The Bertz CT molecular complexity index is 1820. The number of hydrogen-bond donors (Lipinski definition) is 3. The Balaban J connectivity index is 1.44. The molecular weight excluding hydrogens is 534 g/mol. The summed E-state index contributed by atoms with van der Waals surface area (Å²) >= 11 is 0. The van der Waals surface area contributed by atoms with Crippen LogP contribution in [0.4, 0.5) is 5.69 Å². The zero-order chi connectivity index (χ0) is 28.7. The maximum atomic E-state index is 13.3. The molecule has 0 aliphatic carbocycles. The van der Waals surface area contributed by atoms with Gasteiger partial charge < -0.3 is 25.2 Å². The number of nitrogens with one attached hydrogen (secondary N) is 2. The Labute approximate surface area is 240 Å². The number of carbonyl (C=O) groups is 2. The molecule has 0 saturated carbocycles. The van der Waals surface area contributed by atoms with E-state index >= 15 is 0 Å². The molecule has 4 aromatic carbocycles. The lowest BCUT2D eigenvalue weighted by molar-refractivity contribution is 0.0664. The van der Waals surface area contributed by atoms with Crippen molar-refractivity contribution >= 4 is 50.3 Å². The molecule has 1 fully saturated rings. The molecule has 1 atom stereocenters. The van der Waals surface area contributed by atoms with Crippen molar-refractivity contribution in [1.29, 1.82) is 0 Å². The molecule has 1 saturated heterocycles. The summed E-state index contributed by atoms with van der Waals surface area (Å²) in [5.74, 6) is -0.540. The van der Waals surface area contributed by atoms with Crippen LogP contribution < -0.4 is 10.5 Å². The van der Waals surface area contributed by atoms with Gasteiger partial charge >= 0.3 is 0 Å². The van der Waals surface area contributed by atoms with Crippen LogP contribution in [0.5, 0.6) is 0 Å². The molecule has 1 unspecified atom stereocenters. The molecule has 0 radical (unpaired) electrons. The van der Waals surface area contributed by atoms with Crippen molar-refractivity contribution in [1.82, 2.24) is 14.8 Å². The number of hydrogen-bond acceptors (Lipinski definition) is 4. The molecule has 6 rings (SSSR count). The van der Waals surface area contributed by atoms with Crippen LogP contribution in [0, 0.1) is 6.92 Å². The first-order chi connectivity index (χ1) is 19.8. The van der Waals surface area contributed by atoms with Crippen LogP contribution in [0.15, 0.2) is 83.8 Å². The van der Waals surface area contributed by atoms with Crippen LogP contribution in [-0.2, 0) is 11.0 Å². The number of fused-ring (bicyclic) bond motifs is 3. The lowest BCUT2D eigenvalue weighted by Crippen LogP contribution is -2.47. The number of rotatable bonds is 6. The molecule has 1 aliphatic rings. The maximum Gasteiger partial charge on any atom is 0.254 e. The number of nitrogens with zero attached hydrogens (tertiary/aromatic N) is 2. The molecule has 2 amide bonds. The molecule has 2 heterocycles. The third kappa shape index (κ3) is 4.98. The number of piperazine rings is 1. The third-order valence-electron chi connectivity index (χ3n) is 7.84. The molecule has 1 aromatic heterocycles. The van der Waals surface area contributed by atoms with E-state index in [9.17, 15) is 13.8 Å². The van der Waals surface area contributed by atoms with Crippen LogP contribution in [-0.4, -0.2) is 64.0 Å². The number of likely N-dealkylation sites (N-methyl/N-ethyl adjacent to an activating group) is 1. The lowest BCUT2D eigenvalue weighted by Gasteiger charge is -2.32. The van der Waals surface area contributed by atoms with E-state index in [1.54, 1.807) is 6.07 Å². The van der Waals surface area contributed by atoms with Gasteiger partial charge in [0.05, 0.1) is 21.7 Å². The number of primary amides is 1. The van der Waals surface area contributed by atoms with E-state index in [4.69, 9.17) is 5.73 Å². The number of nitrogens with two attached hydrogens (primary N) is 1. The molecule has 9 heteroatoms. The number of amides is 2. The van der Waals surface area contributed by atoms with E-state index in [1.807, 2.05) is 84.6 Å². The summed E-state index contributed by atoms with van der Waals surface area (Å²) < 4.78 is 16.2. The van der Waals surface area contributed by atoms with E-state index in [1.165, 1.54) is 0 Å². The van der Waals surface area contributed by atoms with Crippen LogP contribution >= 0.6 is 0 Å². The van der Waals surface area contributed by atoms with Gasteiger partial charge in [-0.1, -0.05) is 42.5 Å². The molecule has 5 aromatic rings. The lowest BCUT2D eigenvalue weighted by atomic mass is 9.93. The second kappa shape index (κ2) is 10.8. The van der Waals surface area contributed by atoms with Gasteiger partial charge in [0.1, 0.15) is 11.0 Å². The first kappa shape index (κ1) is 26.7. The first-order valence-electron chi connectivity index (χ1n) is 13.5. The molecular formula is C32H31N5O3S. The largest absolute Gasteiger partial charge is 0.366 e. The Morgan fingerprint density at radius 3 is 2.39 bits per heavy atom. The SMILES string of the molecule is Cc1c(NS(=O)c2ccccc2)cccc1-c1ccc(C(N)=O)c2[nH]c3cc(C(=O)N4CCN(C)CC4)ccc3c12. The predicted octanol–water partition coefficient (Wildman–Crippen LogP) is 4.92. The molecule has 4 N–H and O–H groups in total. The van der Waals surface area contributed by atoms with Crippen LogP contribution in [0.2, 0.25) is 0 Å². The first-order valence-corrected chi connectivity index (χ1v) is 14.7. The van der Waals surface area contributed by atoms with Crippen LogP contribution in [0.25, 0.3) is 32.9 Å². The number of benzene rings is 4. The average molecular weight is 566 g/mol. The van der Waals surface area contributed by atoms with Gasteiger partial charge in [-0.15, -0.1) is 0 Å². The van der Waals surface area contributed by atoms with Gasteiger partial charge in [0.15, 0.2) is 0 Å². The molecule has 41 heavy (non-hydrogen) atoms. The smallest absolute Gasteiger partial charge is 0.254 e. The number of aromatic nitrogens is 1. The average Bonchev–Trinajstić information content (AvgIpc) is 3.37. The highest BCUT2D eigenvalue weighted by Crippen LogP contribution is 2.39. The minimum Gasteiger partial charge on any atom is -0.366 e. The van der Waals surface area contributed by atoms with Gasteiger partial charge in [-0.05, 0) is 67.1 Å². The van der Waals surface area contributed by atoms with Gasteiger partial charge in [-0.3, -0.25) is 9.59 Å². The minimum atomic E-state index is -1.43. The van der Waals surface area contributed by atoms with Crippen LogP contribution in [0.3, 0.4) is 0 Å². The Morgan fingerprint density at radius 2 is 1.66 bits per heavy atom. The van der Waals surface area contributed by atoms with E-state index < -0.39 is 16.9 Å². The molecule has 208 valence electrons. The van der Waals surface area contributed by atoms with Crippen molar-refractivity contribution in [2.24, 2.45) is 5.73 Å². The van der Waals surface area contributed by atoms with E-state index in [-0.39, 0.29) is 5.91 Å². The molecule has 0 bridgehead atoms. The van der Waals surface area contributed by atoms with Gasteiger partial charge in [-0.25, -0.2) is 4.21 Å². The summed E-state index contributed by atoms with van der Waals surface area (Å²) in [4.78, 5) is 33.9. The summed E-state index contributed by atoms with van der Waals surface area (Å²) in [7, 11) is 0.630. The molecule has 0 spiro atoms. The standard InChI is InChI=1S/C32H31N5O3S/c1-20-23(9-6-10-27(20)35-41(40)22-7-4-3-5-8-22)24-13-14-26(31(33)38)30-29(24)25-12-11-21(19-28(25)34-30)32(39)37-17-15-36(2)16-18-37/h3-14,19,34-35H,15-18H2,1-2H3,(H2,33,38). The van der Waals surface area contributed by atoms with Gasteiger partial charge in [-0.2, -0.15) is 0 Å². The fourth-order valence-corrected chi connectivity index (χ4v) is 6.45. The fraction of sp³-hybridized carbons (Fsp3) is 0.188. The van der Waals surface area contributed by atoms with E-state index in [0.29, 0.717) is 34.6 Å². The van der Waals surface area contributed by atoms with Crippen LogP contribution in [0.1, 0.15) is 26.3 Å². The number of carbonyl (C=O) groups excluding carboxylic acids is 2. The Kier molecular flexibility index (Phi) is 7.07. The van der Waals surface area contributed by atoms with Crippen molar-refractivity contribution in [3.63, 3.8) is 0 Å². The molecule has 8 nitrogen and oxygen atoms in total. The second-order valence-corrected chi connectivity index (χ2v) is 11.6. The second-order valence-electron chi connectivity index (χ2n) is 10.4. The molecule has 1 aliphatic heterocycles. The van der Waals surface area contributed by atoms with Crippen molar-refractivity contribution in [2.45, 2.75) is 11.8 Å². The summed E-state index contributed by atoms with van der Waals surface area (Å²) in [6.45, 7) is 5.05. The summed E-state index contributed by atoms with van der Waals surface area (Å²) in [6, 6.07) is 24.4. The fourth-order valence-electron chi connectivity index (χ4n) is 5.51. The number of H-pyrrole nitrogens is 1. The summed E-state index contributed by atoms with van der Waals surface area (Å²) in [5, 5.41) is 1.73. The minimum absolute atomic E-state index is 0.00459. The Hall–Kier alpha value is -4.47. The third-order valence-corrected chi connectivity index (χ3v) is 8.95. The highest BCUT2D eigenvalue weighted by Gasteiger charge is 2.23. The van der Waals surface area contributed by atoms with Gasteiger partial charge in [0.25, 0.3) is 11.8 Å². The normalized spacial score (nSPS) is 14.8. The van der Waals surface area contributed by atoms with Crippen molar-refractivity contribution in [3.05, 3.63) is 95.6 Å². The van der Waals surface area contributed by atoms with E-state index in [2.05, 4.69) is 21.7 Å². The topological polar surface area (TPSA) is 112 Å². The maximum absolute atomic E-state index is 13.3. The highest BCUT2D eigenvalue weighted by molar-refractivity contribution is 7.86.